The molecule has 0 saturated heterocycles. The number of nitriles is 1. The molecule has 1 unspecified atom stereocenters. The van der Waals surface area contributed by atoms with Gasteiger partial charge in [-0.15, -0.1) is 0 Å². The van der Waals surface area contributed by atoms with E-state index in [-0.39, 0.29) is 0 Å². The van der Waals surface area contributed by atoms with Crippen molar-refractivity contribution in [2.45, 2.75) is 18.9 Å². The van der Waals surface area contributed by atoms with Gasteiger partial charge in [0.25, 0.3) is 0 Å². The summed E-state index contributed by atoms with van der Waals surface area (Å²) in [4.78, 5) is 0. The van der Waals surface area contributed by atoms with Crippen molar-refractivity contribution in [2.24, 2.45) is 5.73 Å². The Hall–Kier alpha value is -2.11. The lowest BCUT2D eigenvalue weighted by molar-refractivity contribution is 0.646. The van der Waals surface area contributed by atoms with Gasteiger partial charge in [0.15, 0.2) is 0 Å². The fourth-order valence-electron chi connectivity index (χ4n) is 2.53. The predicted molar refractivity (Wildman–Crippen MR) is 71.8 cm³/mol. The maximum atomic E-state index is 9.09. The quantitative estimate of drug-likeness (QED) is 0.703. The molecular weight excluding hydrogens is 220 g/mol. The van der Waals surface area contributed by atoms with Crippen LogP contribution in [0, 0.1) is 11.3 Å². The van der Waals surface area contributed by atoms with Crippen LogP contribution in [-0.4, -0.2) is 0 Å². The van der Waals surface area contributed by atoms with Crippen LogP contribution in [0.2, 0.25) is 0 Å². The average molecular weight is 234 g/mol. The topological polar surface area (TPSA) is 49.8 Å². The summed E-state index contributed by atoms with van der Waals surface area (Å²) < 4.78 is 0. The minimum atomic E-state index is -0.913. The zero-order valence-corrected chi connectivity index (χ0v) is 10.3. The molecule has 18 heavy (non-hydrogen) atoms. The summed E-state index contributed by atoms with van der Waals surface area (Å²) >= 11 is 0. The molecule has 1 aliphatic carbocycles. The van der Waals surface area contributed by atoms with Gasteiger partial charge < -0.3 is 5.73 Å². The van der Waals surface area contributed by atoms with E-state index in [4.69, 9.17) is 11.0 Å². The molecule has 0 amide bonds. The first kappa shape index (κ1) is 11.0. The third-order valence-corrected chi connectivity index (χ3v) is 3.63. The molecule has 1 aliphatic rings. The molecule has 0 spiro atoms. The van der Waals surface area contributed by atoms with Crippen molar-refractivity contribution in [3.63, 3.8) is 0 Å². The van der Waals surface area contributed by atoms with Crippen LogP contribution in [0.25, 0.3) is 11.1 Å². The van der Waals surface area contributed by atoms with E-state index in [1.807, 2.05) is 6.07 Å². The summed E-state index contributed by atoms with van der Waals surface area (Å²) in [7, 11) is 0. The van der Waals surface area contributed by atoms with Crippen LogP contribution >= 0.6 is 0 Å². The highest BCUT2D eigenvalue weighted by molar-refractivity contribution is 5.77. The van der Waals surface area contributed by atoms with Crippen LogP contribution in [-0.2, 0) is 12.0 Å². The Morgan fingerprint density at radius 2 is 1.83 bits per heavy atom. The molecule has 2 aromatic carbocycles. The number of rotatable bonds is 1. The van der Waals surface area contributed by atoms with Gasteiger partial charge in [-0.3, -0.25) is 0 Å². The standard InChI is InChI=1S/C16H14N2/c1-16(18,10-17)13-6-7-15-12(9-13)8-11-4-2-3-5-14(11)15/h2-7,9H,8,18H2,1H3. The highest BCUT2D eigenvalue weighted by atomic mass is 14.7. The van der Waals surface area contributed by atoms with E-state index in [0.29, 0.717) is 0 Å². The predicted octanol–water partition coefficient (Wildman–Crippen LogP) is 2.96. The van der Waals surface area contributed by atoms with Gasteiger partial charge in [0.2, 0.25) is 0 Å². The Morgan fingerprint density at radius 3 is 2.61 bits per heavy atom. The van der Waals surface area contributed by atoms with E-state index >= 15 is 0 Å². The zero-order chi connectivity index (χ0) is 12.8. The second-order valence-corrected chi connectivity index (χ2v) is 5.02. The van der Waals surface area contributed by atoms with E-state index in [9.17, 15) is 0 Å². The molecule has 0 aromatic heterocycles. The fraction of sp³-hybridized carbons (Fsp3) is 0.188. The van der Waals surface area contributed by atoms with Crippen LogP contribution in [0.15, 0.2) is 42.5 Å². The van der Waals surface area contributed by atoms with Crippen molar-refractivity contribution in [3.05, 3.63) is 59.2 Å². The van der Waals surface area contributed by atoms with E-state index in [0.717, 1.165) is 12.0 Å². The van der Waals surface area contributed by atoms with Crippen LogP contribution in [0.4, 0.5) is 0 Å². The van der Waals surface area contributed by atoms with Crippen LogP contribution in [0.3, 0.4) is 0 Å². The lowest BCUT2D eigenvalue weighted by Gasteiger charge is -2.17. The third kappa shape index (κ3) is 1.53. The minimum absolute atomic E-state index is 0.886. The van der Waals surface area contributed by atoms with Crippen molar-refractivity contribution in [3.8, 4) is 17.2 Å². The van der Waals surface area contributed by atoms with Gasteiger partial charge in [-0.25, -0.2) is 0 Å². The largest absolute Gasteiger partial charge is 0.310 e. The lowest BCUT2D eigenvalue weighted by atomic mass is 9.92. The molecule has 0 aliphatic heterocycles. The average Bonchev–Trinajstić information content (AvgIpc) is 2.76. The van der Waals surface area contributed by atoms with Crippen LogP contribution in [0.5, 0.6) is 0 Å². The van der Waals surface area contributed by atoms with Gasteiger partial charge in [0, 0.05) is 0 Å². The number of benzene rings is 2. The number of nitrogens with zero attached hydrogens (tertiary/aromatic N) is 1. The molecule has 2 heteroatoms. The monoisotopic (exact) mass is 234 g/mol. The number of hydrogen-bond acceptors (Lipinski definition) is 2. The first-order valence-electron chi connectivity index (χ1n) is 6.03. The lowest BCUT2D eigenvalue weighted by Crippen LogP contribution is -2.30. The first-order valence-corrected chi connectivity index (χ1v) is 6.03. The molecule has 2 nitrogen and oxygen atoms in total. The van der Waals surface area contributed by atoms with Gasteiger partial charge in [-0.2, -0.15) is 5.26 Å². The number of hydrogen-bond donors (Lipinski definition) is 1. The smallest absolute Gasteiger partial charge is 0.126 e. The second kappa shape index (κ2) is 3.69. The van der Waals surface area contributed by atoms with Gasteiger partial charge >= 0.3 is 0 Å². The normalized spacial score (nSPS) is 15.4. The van der Waals surface area contributed by atoms with Crippen LogP contribution in [0.1, 0.15) is 23.6 Å². The molecule has 88 valence electrons. The first-order chi connectivity index (χ1) is 8.62. The fourth-order valence-corrected chi connectivity index (χ4v) is 2.53. The Balaban J connectivity index is 2.12. The van der Waals surface area contributed by atoms with Gasteiger partial charge in [0.05, 0.1) is 6.07 Å². The molecule has 0 radical (unpaired) electrons. The van der Waals surface area contributed by atoms with Crippen molar-refractivity contribution in [1.82, 2.24) is 0 Å². The summed E-state index contributed by atoms with van der Waals surface area (Å²) in [6.45, 7) is 1.75. The Morgan fingerprint density at radius 1 is 1.11 bits per heavy atom. The Bertz CT molecular complexity index is 663. The van der Waals surface area contributed by atoms with Crippen molar-refractivity contribution < 1.29 is 0 Å². The van der Waals surface area contributed by atoms with E-state index < -0.39 is 5.54 Å². The SMILES string of the molecule is CC(N)(C#N)c1ccc2c(c1)Cc1ccccc1-2. The van der Waals surface area contributed by atoms with Gasteiger partial charge in [-0.05, 0) is 41.2 Å². The second-order valence-electron chi connectivity index (χ2n) is 5.02. The van der Waals surface area contributed by atoms with Crippen molar-refractivity contribution in [1.29, 1.82) is 5.26 Å². The molecule has 3 rings (SSSR count). The molecule has 2 N–H and O–H groups in total. The molecular formula is C16H14N2. The highest BCUT2D eigenvalue weighted by Crippen LogP contribution is 2.37. The maximum absolute atomic E-state index is 9.09. The van der Waals surface area contributed by atoms with E-state index in [1.165, 1.54) is 22.3 Å². The van der Waals surface area contributed by atoms with Crippen molar-refractivity contribution in [2.75, 3.05) is 0 Å². The summed E-state index contributed by atoms with van der Waals surface area (Å²) in [6.07, 6.45) is 0.931. The van der Waals surface area contributed by atoms with Gasteiger partial charge in [0.1, 0.15) is 5.54 Å². The number of nitrogens with two attached hydrogens (primary N) is 1. The van der Waals surface area contributed by atoms with E-state index in [2.05, 4.69) is 42.5 Å². The maximum Gasteiger partial charge on any atom is 0.126 e. The molecule has 1 atom stereocenters. The zero-order valence-electron chi connectivity index (χ0n) is 10.3. The minimum Gasteiger partial charge on any atom is -0.310 e. The molecule has 0 bridgehead atoms. The number of fused-ring (bicyclic) bond motifs is 3. The Labute approximate surface area is 107 Å². The summed E-state index contributed by atoms with van der Waals surface area (Å²) in [5.41, 5.74) is 11.1. The highest BCUT2D eigenvalue weighted by Gasteiger charge is 2.24. The van der Waals surface area contributed by atoms with Crippen LogP contribution < -0.4 is 5.73 Å². The summed E-state index contributed by atoms with van der Waals surface area (Å²) in [5, 5.41) is 9.09. The summed E-state index contributed by atoms with van der Waals surface area (Å²) in [5.74, 6) is 0. The molecule has 2 aromatic rings. The molecule has 0 heterocycles. The van der Waals surface area contributed by atoms with Crippen molar-refractivity contribution >= 4 is 0 Å². The summed E-state index contributed by atoms with van der Waals surface area (Å²) in [6, 6.07) is 16.7. The van der Waals surface area contributed by atoms with Gasteiger partial charge in [-0.1, -0.05) is 42.5 Å². The molecule has 0 saturated carbocycles. The Kier molecular flexibility index (Phi) is 2.26. The third-order valence-electron chi connectivity index (χ3n) is 3.63. The van der Waals surface area contributed by atoms with E-state index in [1.54, 1.807) is 6.92 Å². The molecule has 0 fully saturated rings.